The average Bonchev–Trinajstić information content (AvgIpc) is 2.99. The number of hydrogen-bond acceptors (Lipinski definition) is 6. The van der Waals surface area contributed by atoms with Crippen molar-refractivity contribution in [3.63, 3.8) is 0 Å². The molecule has 6 nitrogen and oxygen atoms in total. The van der Waals surface area contributed by atoms with Gasteiger partial charge in [-0.1, -0.05) is 47.5 Å². The number of phenolic OH excluding ortho intramolecular Hbond substituents is 1. The second kappa shape index (κ2) is 13.1. The van der Waals surface area contributed by atoms with Gasteiger partial charge in [-0.05, 0) is 23.9 Å². The van der Waals surface area contributed by atoms with Crippen LogP contribution in [0.5, 0.6) is 5.75 Å². The zero-order chi connectivity index (χ0) is 25.3. The third kappa shape index (κ3) is 6.59. The first-order valence-corrected chi connectivity index (χ1v) is 11.6. The Bertz CT molecular complexity index is 1530. The van der Waals surface area contributed by atoms with Crippen LogP contribution >= 0.6 is 0 Å². The molecule has 38 heavy (non-hydrogen) atoms. The zero-order valence-electron chi connectivity index (χ0n) is 20.1. The van der Waals surface area contributed by atoms with Crippen LogP contribution in [-0.4, -0.2) is 30.0 Å². The topological polar surface area (TPSA) is 84.7 Å². The molecule has 0 aliphatic heterocycles. The summed E-state index contributed by atoms with van der Waals surface area (Å²) in [5.74, 6) is 0.240. The Kier molecular flexibility index (Phi) is 9.13. The number of aromatic hydroxyl groups is 1. The molecule has 0 saturated heterocycles. The Balaban J connectivity index is 0.000000173. The second-order valence-electron chi connectivity index (χ2n) is 7.87. The summed E-state index contributed by atoms with van der Waals surface area (Å²) in [4.78, 5) is 20.8. The summed E-state index contributed by atoms with van der Waals surface area (Å²) in [6, 6.07) is 36.8. The molecule has 3 aromatic heterocycles. The number of pyridine rings is 1. The fourth-order valence-electron chi connectivity index (χ4n) is 3.65. The molecule has 0 aliphatic carbocycles. The minimum Gasteiger partial charge on any atom is -0.507 e. The SMILES string of the molecule is Oc1ccccc1-c1cccc(-c2[c-]cccc2)n1.[Ir].[c-]1c(-c2ccncn2)cccc1-c1ccncn1. The predicted molar refractivity (Wildman–Crippen MR) is 143 cm³/mol. The first-order valence-electron chi connectivity index (χ1n) is 11.6. The van der Waals surface area contributed by atoms with E-state index in [1.165, 1.54) is 12.7 Å². The van der Waals surface area contributed by atoms with Crippen molar-refractivity contribution >= 4 is 0 Å². The number of phenols is 1. The number of benzene rings is 3. The Labute approximate surface area is 234 Å². The van der Waals surface area contributed by atoms with Crippen LogP contribution in [0, 0.1) is 12.1 Å². The van der Waals surface area contributed by atoms with Gasteiger partial charge >= 0.3 is 0 Å². The molecule has 0 aliphatic rings. The molecule has 6 rings (SSSR count). The van der Waals surface area contributed by atoms with E-state index in [9.17, 15) is 5.11 Å². The molecule has 0 spiro atoms. The summed E-state index contributed by atoms with van der Waals surface area (Å²) < 4.78 is 0. The van der Waals surface area contributed by atoms with Gasteiger partial charge in [-0.25, -0.2) is 9.97 Å². The summed E-state index contributed by atoms with van der Waals surface area (Å²) in [5.41, 5.74) is 6.83. The summed E-state index contributed by atoms with van der Waals surface area (Å²) in [5, 5.41) is 9.88. The molecule has 3 heterocycles. The van der Waals surface area contributed by atoms with Gasteiger partial charge in [0.25, 0.3) is 0 Å². The monoisotopic (exact) mass is 672 g/mol. The Morgan fingerprint density at radius 3 is 1.76 bits per heavy atom. The van der Waals surface area contributed by atoms with E-state index < -0.39 is 0 Å². The minimum absolute atomic E-state index is 0. The van der Waals surface area contributed by atoms with Gasteiger partial charge in [0.15, 0.2) is 0 Å². The summed E-state index contributed by atoms with van der Waals surface area (Å²) >= 11 is 0. The molecule has 0 atom stereocenters. The van der Waals surface area contributed by atoms with E-state index in [2.05, 4.69) is 37.1 Å². The van der Waals surface area contributed by atoms with E-state index in [0.717, 1.165) is 45.0 Å². The fourth-order valence-corrected chi connectivity index (χ4v) is 3.65. The van der Waals surface area contributed by atoms with Crippen molar-refractivity contribution in [3.8, 4) is 50.8 Å². The quantitative estimate of drug-likeness (QED) is 0.221. The molecule has 6 aromatic rings. The van der Waals surface area contributed by atoms with Gasteiger partial charge in [0.05, 0.1) is 5.69 Å². The van der Waals surface area contributed by atoms with E-state index in [0.29, 0.717) is 0 Å². The van der Waals surface area contributed by atoms with Crippen LogP contribution in [0.2, 0.25) is 0 Å². The molecule has 1 radical (unpaired) electrons. The van der Waals surface area contributed by atoms with E-state index >= 15 is 0 Å². The number of nitrogens with zero attached hydrogens (tertiary/aromatic N) is 5. The van der Waals surface area contributed by atoms with Crippen LogP contribution in [0.15, 0.2) is 122 Å². The second-order valence-corrected chi connectivity index (χ2v) is 7.87. The third-order valence-electron chi connectivity index (χ3n) is 5.43. The molecule has 0 saturated carbocycles. The van der Waals surface area contributed by atoms with Gasteiger partial charge in [0.2, 0.25) is 0 Å². The van der Waals surface area contributed by atoms with Crippen molar-refractivity contribution in [2.75, 3.05) is 0 Å². The molecule has 3 aromatic carbocycles. The Morgan fingerprint density at radius 1 is 0.553 bits per heavy atom. The van der Waals surface area contributed by atoms with E-state index in [4.69, 9.17) is 0 Å². The maximum Gasteiger partial charge on any atom is 0.124 e. The normalized spacial score (nSPS) is 10.0. The largest absolute Gasteiger partial charge is 0.507 e. The summed E-state index contributed by atoms with van der Waals surface area (Å²) in [6.45, 7) is 0. The average molecular weight is 672 g/mol. The first-order chi connectivity index (χ1) is 18.3. The van der Waals surface area contributed by atoms with Crippen LogP contribution in [0.25, 0.3) is 45.0 Å². The van der Waals surface area contributed by atoms with Crippen LogP contribution in [0.4, 0.5) is 0 Å². The number of rotatable bonds is 4. The van der Waals surface area contributed by atoms with Crippen LogP contribution in [-0.2, 0) is 20.1 Å². The van der Waals surface area contributed by atoms with Crippen molar-refractivity contribution in [1.29, 1.82) is 0 Å². The van der Waals surface area contributed by atoms with Crippen molar-refractivity contribution in [1.82, 2.24) is 24.9 Å². The van der Waals surface area contributed by atoms with Crippen LogP contribution < -0.4 is 0 Å². The van der Waals surface area contributed by atoms with E-state index in [-0.39, 0.29) is 25.9 Å². The van der Waals surface area contributed by atoms with Gasteiger partial charge in [0.1, 0.15) is 18.4 Å². The third-order valence-corrected chi connectivity index (χ3v) is 5.43. The van der Waals surface area contributed by atoms with Gasteiger partial charge in [0, 0.05) is 49.5 Å². The van der Waals surface area contributed by atoms with Crippen molar-refractivity contribution in [2.45, 2.75) is 0 Å². The van der Waals surface area contributed by atoms with E-state index in [1.54, 1.807) is 24.5 Å². The fraction of sp³-hybridized carbons (Fsp3) is 0. The smallest absolute Gasteiger partial charge is 0.124 e. The molecule has 7 heteroatoms. The zero-order valence-corrected chi connectivity index (χ0v) is 22.5. The molecule has 1 N–H and O–H groups in total. The molecule has 0 fully saturated rings. The Morgan fingerprint density at radius 2 is 1.16 bits per heavy atom. The van der Waals surface area contributed by atoms with Crippen LogP contribution in [0.1, 0.15) is 0 Å². The van der Waals surface area contributed by atoms with Crippen molar-refractivity contribution < 1.29 is 25.2 Å². The Hall–Kier alpha value is -4.58. The molecular weight excluding hydrogens is 651 g/mol. The van der Waals surface area contributed by atoms with Crippen molar-refractivity contribution in [3.05, 3.63) is 134 Å². The minimum atomic E-state index is 0. The number of para-hydroxylation sites is 1. The van der Waals surface area contributed by atoms with Gasteiger partial charge in [-0.15, -0.1) is 60.2 Å². The molecule has 0 amide bonds. The molecule has 187 valence electrons. The summed E-state index contributed by atoms with van der Waals surface area (Å²) in [7, 11) is 0. The summed E-state index contributed by atoms with van der Waals surface area (Å²) in [6.07, 6.45) is 6.49. The standard InChI is InChI=1S/C17H12NO.C14H9N4.Ir/c19-17-12-5-4-9-14(17)16-11-6-10-15(18-16)13-7-2-1-3-8-13;1-2-11(13-4-6-15-9-17-13)8-12(3-1)14-5-7-16-10-18-14;/h1-7,9-12,19H;1-7,9-10H;/q2*-1;. The van der Waals surface area contributed by atoms with Crippen LogP contribution in [0.3, 0.4) is 0 Å². The molecule has 0 bridgehead atoms. The van der Waals surface area contributed by atoms with Gasteiger partial charge in [-0.3, -0.25) is 15.0 Å². The van der Waals surface area contributed by atoms with Gasteiger partial charge in [-0.2, -0.15) is 0 Å². The van der Waals surface area contributed by atoms with Crippen molar-refractivity contribution in [2.24, 2.45) is 0 Å². The first kappa shape index (κ1) is 26.5. The maximum absolute atomic E-state index is 9.88. The predicted octanol–water partition coefficient (Wildman–Crippen LogP) is 6.32. The van der Waals surface area contributed by atoms with E-state index in [1.807, 2.05) is 84.9 Å². The number of aromatic nitrogens is 5. The van der Waals surface area contributed by atoms with Gasteiger partial charge < -0.3 is 5.11 Å². The molecule has 0 unspecified atom stereocenters. The number of hydrogen-bond donors (Lipinski definition) is 1. The molecular formula is C31H21IrN5O-2. The maximum atomic E-state index is 9.88.